The van der Waals surface area contributed by atoms with Gasteiger partial charge in [-0.25, -0.2) is 0 Å². The summed E-state index contributed by atoms with van der Waals surface area (Å²) in [5.41, 5.74) is 18.9. The van der Waals surface area contributed by atoms with E-state index in [-0.39, 0.29) is 12.0 Å². The SMILES string of the molecule is Cc1ccc(N(c2ccc(-c3ccc(N(c4ccc(C)cc4)c4ccc5c(c4)c4ccccc4n5-c4ccccc4)cc3)cc2)c2ccc3c(c2)C2C=CC=CC2N3c2ccccc2)cc1. The third-order valence-electron chi connectivity index (χ3n) is 13.4. The number of aromatic nitrogens is 1. The Hall–Kier alpha value is -8.34. The summed E-state index contributed by atoms with van der Waals surface area (Å²) in [5, 5.41) is 2.46. The number of fused-ring (bicyclic) bond motifs is 6. The molecule has 2 aliphatic rings. The van der Waals surface area contributed by atoms with Crippen LogP contribution in [0.4, 0.5) is 45.5 Å². The number of nitrogens with zero attached hydrogens (tertiary/aromatic N) is 4. The molecule has 0 spiro atoms. The molecule has 9 aromatic carbocycles. The van der Waals surface area contributed by atoms with E-state index in [0.29, 0.717) is 0 Å². The van der Waals surface area contributed by atoms with E-state index >= 15 is 0 Å². The lowest BCUT2D eigenvalue weighted by molar-refractivity contribution is 0.745. The standard InChI is InChI=1S/C62H48N4/c1-43-21-29-49(30-22-43)63(53-37-39-61-57(41-53)55-17-9-11-19-59(55)65(61)47-13-5-3-6-14-47)51-33-25-45(26-34-51)46-27-35-52(36-28-46)64(50-31-23-44(2)24-32-50)54-38-40-62-58(42-54)56-18-10-12-20-60(56)66(62)48-15-7-4-8-16-48/h3-42,55,59H,1-2H3. The zero-order valence-electron chi connectivity index (χ0n) is 37.0. The number of rotatable bonds is 9. The number of para-hydroxylation sites is 3. The van der Waals surface area contributed by atoms with Gasteiger partial charge in [0.25, 0.3) is 0 Å². The summed E-state index contributed by atoms with van der Waals surface area (Å²) in [5.74, 6) is 0.265. The van der Waals surface area contributed by atoms with Crippen LogP contribution in [-0.2, 0) is 0 Å². The van der Waals surface area contributed by atoms with Crippen molar-refractivity contribution in [2.75, 3.05) is 14.7 Å². The molecule has 0 bridgehead atoms. The Kier molecular flexibility index (Phi) is 9.72. The monoisotopic (exact) mass is 848 g/mol. The van der Waals surface area contributed by atoms with Crippen molar-refractivity contribution in [3.05, 3.63) is 259 Å². The Morgan fingerprint density at radius 3 is 1.45 bits per heavy atom. The van der Waals surface area contributed by atoms with Crippen LogP contribution >= 0.6 is 0 Å². The fourth-order valence-electron chi connectivity index (χ4n) is 10.2. The Morgan fingerprint density at radius 1 is 0.379 bits per heavy atom. The molecule has 316 valence electrons. The maximum atomic E-state index is 2.49. The Balaban J connectivity index is 0.893. The van der Waals surface area contributed by atoms with Crippen LogP contribution in [0.15, 0.2) is 243 Å². The van der Waals surface area contributed by atoms with Crippen LogP contribution in [0.25, 0.3) is 38.6 Å². The van der Waals surface area contributed by atoms with Crippen molar-refractivity contribution in [3.63, 3.8) is 0 Å². The number of hydrogen-bond acceptors (Lipinski definition) is 3. The van der Waals surface area contributed by atoms with E-state index < -0.39 is 0 Å². The van der Waals surface area contributed by atoms with Gasteiger partial charge in [0.1, 0.15) is 0 Å². The summed E-state index contributed by atoms with van der Waals surface area (Å²) in [6, 6.07) is 80.1. The van der Waals surface area contributed by atoms with Crippen molar-refractivity contribution in [1.29, 1.82) is 0 Å². The zero-order valence-corrected chi connectivity index (χ0v) is 37.0. The maximum Gasteiger partial charge on any atom is 0.0629 e. The molecule has 66 heavy (non-hydrogen) atoms. The molecule has 0 N–H and O–H groups in total. The first-order valence-corrected chi connectivity index (χ1v) is 22.9. The molecule has 12 rings (SSSR count). The van der Waals surface area contributed by atoms with Crippen LogP contribution in [0.5, 0.6) is 0 Å². The van der Waals surface area contributed by atoms with Gasteiger partial charge in [-0.15, -0.1) is 0 Å². The van der Waals surface area contributed by atoms with E-state index in [1.54, 1.807) is 0 Å². The minimum absolute atomic E-state index is 0.238. The maximum absolute atomic E-state index is 2.49. The molecule has 2 heterocycles. The van der Waals surface area contributed by atoms with Gasteiger partial charge in [-0.3, -0.25) is 0 Å². The molecule has 1 aromatic heterocycles. The highest BCUT2D eigenvalue weighted by Crippen LogP contribution is 2.50. The molecule has 10 aromatic rings. The van der Waals surface area contributed by atoms with Crippen LogP contribution < -0.4 is 14.7 Å². The van der Waals surface area contributed by atoms with Gasteiger partial charge in [0.05, 0.1) is 17.1 Å². The summed E-state index contributed by atoms with van der Waals surface area (Å²) in [4.78, 5) is 7.25. The lowest BCUT2D eigenvalue weighted by atomic mass is 9.91. The van der Waals surface area contributed by atoms with Crippen molar-refractivity contribution in [2.24, 2.45) is 0 Å². The Labute approximate surface area is 386 Å². The van der Waals surface area contributed by atoms with Crippen LogP contribution in [-0.4, -0.2) is 10.6 Å². The van der Waals surface area contributed by atoms with E-state index in [1.165, 1.54) is 61.0 Å². The highest BCUT2D eigenvalue weighted by Gasteiger charge is 2.38. The van der Waals surface area contributed by atoms with E-state index in [1.807, 2.05) is 0 Å². The number of hydrogen-bond donors (Lipinski definition) is 0. The molecule has 4 heteroatoms. The number of aryl methyl sites for hydroxylation is 2. The van der Waals surface area contributed by atoms with Crippen LogP contribution in [0.3, 0.4) is 0 Å². The first-order valence-electron chi connectivity index (χ1n) is 22.9. The third kappa shape index (κ3) is 6.86. The third-order valence-corrected chi connectivity index (χ3v) is 13.4. The number of allylic oxidation sites excluding steroid dienone is 2. The van der Waals surface area contributed by atoms with Crippen molar-refractivity contribution < 1.29 is 0 Å². The van der Waals surface area contributed by atoms with E-state index in [2.05, 4.69) is 276 Å². The van der Waals surface area contributed by atoms with Gasteiger partial charge >= 0.3 is 0 Å². The normalized spacial score (nSPS) is 15.0. The van der Waals surface area contributed by atoms with Gasteiger partial charge in [0.2, 0.25) is 0 Å². The lowest BCUT2D eigenvalue weighted by Crippen LogP contribution is -2.28. The predicted octanol–water partition coefficient (Wildman–Crippen LogP) is 16.7. The van der Waals surface area contributed by atoms with Gasteiger partial charge in [0, 0.05) is 67.9 Å². The van der Waals surface area contributed by atoms with E-state index in [9.17, 15) is 0 Å². The molecule has 1 aliphatic heterocycles. The molecule has 0 radical (unpaired) electrons. The summed E-state index contributed by atoms with van der Waals surface area (Å²) in [6.45, 7) is 4.29. The van der Waals surface area contributed by atoms with Crippen LogP contribution in [0, 0.1) is 13.8 Å². The van der Waals surface area contributed by atoms with Gasteiger partial charge < -0.3 is 19.3 Å². The second-order valence-electron chi connectivity index (χ2n) is 17.6. The van der Waals surface area contributed by atoms with Gasteiger partial charge in [0.15, 0.2) is 0 Å². The number of benzene rings is 9. The highest BCUT2D eigenvalue weighted by molar-refractivity contribution is 6.10. The van der Waals surface area contributed by atoms with Crippen LogP contribution in [0.1, 0.15) is 22.6 Å². The molecular weight excluding hydrogens is 801 g/mol. The van der Waals surface area contributed by atoms with Crippen molar-refractivity contribution in [2.45, 2.75) is 25.8 Å². The van der Waals surface area contributed by atoms with Gasteiger partial charge in [-0.2, -0.15) is 0 Å². The van der Waals surface area contributed by atoms with E-state index in [4.69, 9.17) is 0 Å². The fourth-order valence-corrected chi connectivity index (χ4v) is 10.2. The molecule has 4 nitrogen and oxygen atoms in total. The summed E-state index contributed by atoms with van der Waals surface area (Å²) < 4.78 is 2.37. The minimum Gasteiger partial charge on any atom is -0.333 e. The Morgan fingerprint density at radius 2 is 0.848 bits per heavy atom. The Bertz CT molecular complexity index is 3420. The smallest absolute Gasteiger partial charge is 0.0629 e. The summed E-state index contributed by atoms with van der Waals surface area (Å²) >= 11 is 0. The topological polar surface area (TPSA) is 14.7 Å². The predicted molar refractivity (Wildman–Crippen MR) is 278 cm³/mol. The van der Waals surface area contributed by atoms with Gasteiger partial charge in [-0.1, -0.05) is 139 Å². The van der Waals surface area contributed by atoms with Crippen molar-refractivity contribution >= 4 is 67.3 Å². The number of anilines is 8. The molecule has 1 aliphatic carbocycles. The fraction of sp³-hybridized carbons (Fsp3) is 0.0645. The molecule has 2 unspecified atom stereocenters. The van der Waals surface area contributed by atoms with E-state index in [0.717, 1.165) is 39.8 Å². The van der Waals surface area contributed by atoms with Crippen LogP contribution in [0.2, 0.25) is 0 Å². The second-order valence-corrected chi connectivity index (χ2v) is 17.6. The lowest BCUT2D eigenvalue weighted by Gasteiger charge is -2.28. The first kappa shape index (κ1) is 39.3. The molecule has 2 atom stereocenters. The second kappa shape index (κ2) is 16.3. The average Bonchev–Trinajstić information content (AvgIpc) is 3.89. The average molecular weight is 849 g/mol. The molecular formula is C62H48N4. The first-order chi connectivity index (χ1) is 32.6. The zero-order chi connectivity index (χ0) is 44.1. The molecule has 0 fully saturated rings. The highest BCUT2D eigenvalue weighted by atomic mass is 15.2. The quantitative estimate of drug-likeness (QED) is 0.144. The molecule has 0 saturated heterocycles. The largest absolute Gasteiger partial charge is 0.333 e. The minimum atomic E-state index is 0.238. The van der Waals surface area contributed by atoms with Crippen molar-refractivity contribution in [1.82, 2.24) is 4.57 Å². The van der Waals surface area contributed by atoms with Crippen molar-refractivity contribution in [3.8, 4) is 16.8 Å². The molecule has 0 amide bonds. The van der Waals surface area contributed by atoms with Gasteiger partial charge in [-0.05, 0) is 146 Å². The summed E-state index contributed by atoms with van der Waals surface area (Å²) in [6.07, 6.45) is 9.08. The molecule has 0 saturated carbocycles. The summed E-state index contributed by atoms with van der Waals surface area (Å²) in [7, 11) is 0.